The Bertz CT molecular complexity index is 728. The van der Waals surface area contributed by atoms with Gasteiger partial charge in [0.1, 0.15) is 5.82 Å². The highest BCUT2D eigenvalue weighted by Gasteiger charge is 2.06. The number of guanidine groups is 1. The van der Waals surface area contributed by atoms with Crippen LogP contribution in [0, 0.1) is 13.8 Å². The Morgan fingerprint density at radius 2 is 2.00 bits per heavy atom. The van der Waals surface area contributed by atoms with E-state index < -0.39 is 0 Å². The summed E-state index contributed by atoms with van der Waals surface area (Å²) in [4.78, 5) is 4.73. The van der Waals surface area contributed by atoms with Crippen molar-refractivity contribution >= 4 is 45.9 Å². The predicted molar refractivity (Wildman–Crippen MR) is 121 cm³/mol. The topological polar surface area (TPSA) is 67.1 Å². The van der Waals surface area contributed by atoms with Gasteiger partial charge in [0.15, 0.2) is 11.8 Å². The summed E-state index contributed by atoms with van der Waals surface area (Å²) in [5.74, 6) is 2.60. The van der Waals surface area contributed by atoms with Gasteiger partial charge in [-0.1, -0.05) is 35.3 Å². The minimum Gasteiger partial charge on any atom is -0.356 e. The molecule has 8 heteroatoms. The molecule has 0 bridgehead atoms. The summed E-state index contributed by atoms with van der Waals surface area (Å²) >= 11 is 3.50. The molecule has 0 aliphatic heterocycles. The van der Waals surface area contributed by atoms with Crippen LogP contribution in [0.5, 0.6) is 0 Å². The molecule has 1 aromatic carbocycles. The molecule has 0 saturated carbocycles. The molecule has 2 aromatic rings. The van der Waals surface area contributed by atoms with Gasteiger partial charge >= 0.3 is 0 Å². The summed E-state index contributed by atoms with van der Waals surface area (Å²) in [7, 11) is 1.97. The molecule has 0 fully saturated rings. The van der Waals surface area contributed by atoms with Crippen LogP contribution >= 0.6 is 39.9 Å². The maximum absolute atomic E-state index is 4.73. The number of rotatable bonds is 7. The van der Waals surface area contributed by atoms with Gasteiger partial charge < -0.3 is 15.2 Å². The van der Waals surface area contributed by atoms with Crippen LogP contribution in [0.4, 0.5) is 0 Å². The highest BCUT2D eigenvalue weighted by Crippen LogP contribution is 2.16. The number of nitrogens with one attached hydrogen (secondary N) is 2. The fourth-order valence-corrected chi connectivity index (χ4v) is 2.80. The fraction of sp³-hybridized carbons (Fsp3) is 0.500. The van der Waals surface area contributed by atoms with E-state index >= 15 is 0 Å². The van der Waals surface area contributed by atoms with Crippen LogP contribution in [0.2, 0.25) is 0 Å². The Labute approximate surface area is 181 Å². The molecule has 0 aliphatic rings. The summed E-state index contributed by atoms with van der Waals surface area (Å²) in [5, 5.41) is 15.0. The van der Waals surface area contributed by atoms with Crippen molar-refractivity contribution in [1.29, 1.82) is 0 Å². The quantitative estimate of drug-likeness (QED) is 0.245. The number of unbranched alkanes of at least 4 members (excludes halogenated alkanes) is 1. The second kappa shape index (κ2) is 11.5. The molecule has 0 spiro atoms. The van der Waals surface area contributed by atoms with Gasteiger partial charge in [-0.2, -0.15) is 0 Å². The molecule has 2 N–H and O–H groups in total. The Balaban J connectivity index is 0.00000338. The molecule has 0 unspecified atom stereocenters. The zero-order valence-electron chi connectivity index (χ0n) is 15.8. The number of aliphatic imine (C=N–C) groups is 1. The number of benzene rings is 1. The van der Waals surface area contributed by atoms with Gasteiger partial charge in [0.2, 0.25) is 0 Å². The molecule has 2 rings (SSSR count). The van der Waals surface area contributed by atoms with Crippen molar-refractivity contribution in [3.05, 3.63) is 45.4 Å². The first-order valence-electron chi connectivity index (χ1n) is 8.63. The Morgan fingerprint density at radius 1 is 1.23 bits per heavy atom. The van der Waals surface area contributed by atoms with Gasteiger partial charge in [-0.25, -0.2) is 4.99 Å². The summed E-state index contributed by atoms with van der Waals surface area (Å²) in [6.07, 6.45) is 2.26. The van der Waals surface area contributed by atoms with Gasteiger partial charge in [-0.3, -0.25) is 0 Å². The number of aromatic nitrogens is 3. The zero-order valence-corrected chi connectivity index (χ0v) is 19.8. The lowest BCUT2D eigenvalue weighted by molar-refractivity contribution is 0.695. The molecule has 0 amide bonds. The molecule has 1 heterocycles. The van der Waals surface area contributed by atoms with Gasteiger partial charge in [-0.05, 0) is 43.5 Å². The molecule has 0 saturated heterocycles. The maximum Gasteiger partial charge on any atom is 0.191 e. The number of aryl methyl sites for hydroxylation is 2. The standard InChI is InChI=1S/C18H27BrN6.HI/c1-5-6-9-20-18(22-12-17-24-23-14(3)25(17)4)21-11-15-7-8-16(19)10-13(15)2;/h7-8,10H,5-6,9,11-12H2,1-4H3,(H2,20,21,22);1H. The highest BCUT2D eigenvalue weighted by atomic mass is 127. The first-order chi connectivity index (χ1) is 12.0. The van der Waals surface area contributed by atoms with E-state index in [4.69, 9.17) is 4.99 Å². The monoisotopic (exact) mass is 534 g/mol. The van der Waals surface area contributed by atoms with E-state index in [1.54, 1.807) is 0 Å². The van der Waals surface area contributed by atoms with Crippen molar-refractivity contribution in [2.75, 3.05) is 6.54 Å². The fourth-order valence-electron chi connectivity index (χ4n) is 2.33. The van der Waals surface area contributed by atoms with Crippen LogP contribution in [0.25, 0.3) is 0 Å². The lowest BCUT2D eigenvalue weighted by Crippen LogP contribution is -2.38. The third-order valence-electron chi connectivity index (χ3n) is 4.13. The third-order valence-corrected chi connectivity index (χ3v) is 4.62. The number of nitrogens with zero attached hydrogens (tertiary/aromatic N) is 4. The van der Waals surface area contributed by atoms with Crippen LogP contribution in [0.1, 0.15) is 42.5 Å². The van der Waals surface area contributed by atoms with E-state index in [0.717, 1.165) is 41.5 Å². The first-order valence-corrected chi connectivity index (χ1v) is 9.42. The lowest BCUT2D eigenvalue weighted by Gasteiger charge is -2.13. The van der Waals surface area contributed by atoms with Crippen LogP contribution in [0.15, 0.2) is 27.7 Å². The second-order valence-corrected chi connectivity index (χ2v) is 7.01. The van der Waals surface area contributed by atoms with Gasteiger partial charge in [0.25, 0.3) is 0 Å². The molecule has 0 aliphatic carbocycles. The van der Waals surface area contributed by atoms with Gasteiger partial charge in [0.05, 0.1) is 13.1 Å². The van der Waals surface area contributed by atoms with E-state index in [0.29, 0.717) is 13.1 Å². The van der Waals surface area contributed by atoms with Crippen molar-refractivity contribution < 1.29 is 0 Å². The molecule has 26 heavy (non-hydrogen) atoms. The maximum atomic E-state index is 4.73. The van der Waals surface area contributed by atoms with Gasteiger partial charge in [-0.15, -0.1) is 34.2 Å². The van der Waals surface area contributed by atoms with Crippen LogP contribution < -0.4 is 10.6 Å². The minimum absolute atomic E-state index is 0. The lowest BCUT2D eigenvalue weighted by atomic mass is 10.1. The molecule has 144 valence electrons. The summed E-state index contributed by atoms with van der Waals surface area (Å²) in [5.41, 5.74) is 2.45. The van der Waals surface area contributed by atoms with Crippen molar-refractivity contribution in [3.8, 4) is 0 Å². The number of hydrogen-bond donors (Lipinski definition) is 2. The van der Waals surface area contributed by atoms with E-state index in [1.807, 2.05) is 18.5 Å². The highest BCUT2D eigenvalue weighted by molar-refractivity contribution is 14.0. The smallest absolute Gasteiger partial charge is 0.191 e. The third kappa shape index (κ3) is 6.86. The van der Waals surface area contributed by atoms with E-state index in [-0.39, 0.29) is 24.0 Å². The largest absolute Gasteiger partial charge is 0.356 e. The normalized spacial score (nSPS) is 11.2. The Morgan fingerprint density at radius 3 is 2.62 bits per heavy atom. The Kier molecular flexibility index (Phi) is 10.1. The molecular weight excluding hydrogens is 507 g/mol. The molecule has 6 nitrogen and oxygen atoms in total. The summed E-state index contributed by atoms with van der Waals surface area (Å²) in [6.45, 7) is 8.36. The van der Waals surface area contributed by atoms with E-state index in [1.165, 1.54) is 11.1 Å². The minimum atomic E-state index is 0. The van der Waals surface area contributed by atoms with E-state index in [2.05, 4.69) is 68.8 Å². The second-order valence-electron chi connectivity index (χ2n) is 6.09. The van der Waals surface area contributed by atoms with Crippen molar-refractivity contribution in [2.24, 2.45) is 12.0 Å². The van der Waals surface area contributed by atoms with Crippen LogP contribution in [-0.4, -0.2) is 27.3 Å². The van der Waals surface area contributed by atoms with E-state index in [9.17, 15) is 0 Å². The van der Waals surface area contributed by atoms with Gasteiger partial charge in [0, 0.05) is 18.1 Å². The van der Waals surface area contributed by atoms with Crippen LogP contribution in [-0.2, 0) is 20.1 Å². The number of hydrogen-bond acceptors (Lipinski definition) is 3. The SMILES string of the molecule is CCCCNC(=NCc1ccc(Br)cc1C)NCc1nnc(C)n1C.I. The van der Waals surface area contributed by atoms with Crippen molar-refractivity contribution in [3.63, 3.8) is 0 Å². The molecule has 0 radical (unpaired) electrons. The number of halogens is 2. The summed E-state index contributed by atoms with van der Waals surface area (Å²) < 4.78 is 3.07. The summed E-state index contributed by atoms with van der Waals surface area (Å²) in [6, 6.07) is 6.28. The van der Waals surface area contributed by atoms with Crippen molar-refractivity contribution in [1.82, 2.24) is 25.4 Å². The predicted octanol–water partition coefficient (Wildman–Crippen LogP) is 3.85. The van der Waals surface area contributed by atoms with Crippen molar-refractivity contribution in [2.45, 2.75) is 46.7 Å². The Hall–Kier alpha value is -1.16. The zero-order chi connectivity index (χ0) is 18.2. The average molecular weight is 535 g/mol. The molecule has 0 atom stereocenters. The van der Waals surface area contributed by atoms with Crippen LogP contribution in [0.3, 0.4) is 0 Å². The average Bonchev–Trinajstić information content (AvgIpc) is 2.90. The molecular formula is C18H28BrIN6. The first kappa shape index (κ1) is 22.9. The molecule has 1 aromatic heterocycles.